The molecule has 28 heavy (non-hydrogen) atoms. The van der Waals surface area contributed by atoms with Crippen LogP contribution in [0.4, 0.5) is 0 Å². The summed E-state index contributed by atoms with van der Waals surface area (Å²) in [6.45, 7) is 2.08. The van der Waals surface area contributed by atoms with Gasteiger partial charge in [-0.15, -0.1) is 10.2 Å². The fraction of sp³-hybridized carbons (Fsp3) is 0.211. The number of carbonyl (C=O) groups excluding carboxylic acids is 1. The molecule has 1 amide bonds. The van der Waals surface area contributed by atoms with E-state index in [1.807, 2.05) is 6.07 Å². The van der Waals surface area contributed by atoms with E-state index in [2.05, 4.69) is 17.1 Å². The van der Waals surface area contributed by atoms with E-state index in [0.717, 1.165) is 36.0 Å². The van der Waals surface area contributed by atoms with E-state index in [1.165, 1.54) is 23.5 Å². The number of benzene rings is 2. The van der Waals surface area contributed by atoms with Gasteiger partial charge in [-0.25, -0.2) is 13.6 Å². The summed E-state index contributed by atoms with van der Waals surface area (Å²) in [5.41, 5.74) is 8.50. The van der Waals surface area contributed by atoms with Crippen LogP contribution in [-0.4, -0.2) is 24.5 Å². The van der Waals surface area contributed by atoms with Crippen molar-refractivity contribution in [1.29, 1.82) is 0 Å². The van der Waals surface area contributed by atoms with Gasteiger partial charge in [0.05, 0.1) is 4.90 Å². The van der Waals surface area contributed by atoms with Crippen LogP contribution >= 0.6 is 11.3 Å². The summed E-state index contributed by atoms with van der Waals surface area (Å²) < 4.78 is 22.8. The molecule has 0 saturated heterocycles. The first-order valence-electron chi connectivity index (χ1n) is 8.70. The zero-order chi connectivity index (χ0) is 20.3. The zero-order valence-corrected chi connectivity index (χ0v) is 16.9. The molecule has 0 bridgehead atoms. The van der Waals surface area contributed by atoms with Crippen LogP contribution in [-0.2, 0) is 16.4 Å². The number of nitrogens with two attached hydrogens (primary N) is 2. The molecule has 0 aliphatic carbocycles. The Kier molecular flexibility index (Phi) is 5.87. The van der Waals surface area contributed by atoms with E-state index in [1.54, 1.807) is 24.3 Å². The van der Waals surface area contributed by atoms with Gasteiger partial charge in [-0.05, 0) is 36.6 Å². The van der Waals surface area contributed by atoms with Crippen molar-refractivity contribution < 1.29 is 13.2 Å². The molecule has 0 aliphatic rings. The van der Waals surface area contributed by atoms with Gasteiger partial charge in [0, 0.05) is 16.7 Å². The Morgan fingerprint density at radius 2 is 1.75 bits per heavy atom. The molecule has 0 radical (unpaired) electrons. The maximum atomic E-state index is 11.8. The van der Waals surface area contributed by atoms with Crippen LogP contribution in [0.3, 0.4) is 0 Å². The predicted octanol–water partition coefficient (Wildman–Crippen LogP) is 2.96. The summed E-state index contributed by atoms with van der Waals surface area (Å²) in [7, 11) is -3.74. The van der Waals surface area contributed by atoms with Crippen molar-refractivity contribution in [3.8, 4) is 21.1 Å². The Hall–Kier alpha value is -2.62. The molecule has 0 spiro atoms. The largest absolute Gasteiger partial charge is 0.366 e. The Balaban J connectivity index is 2.00. The first-order valence-corrected chi connectivity index (χ1v) is 11.1. The average Bonchev–Trinajstić information content (AvgIpc) is 3.15. The Morgan fingerprint density at radius 1 is 1.07 bits per heavy atom. The molecule has 2 aromatic carbocycles. The number of sulfonamides is 1. The van der Waals surface area contributed by atoms with Crippen molar-refractivity contribution in [3.05, 3.63) is 53.6 Å². The fourth-order valence-corrected chi connectivity index (χ4v) is 4.29. The van der Waals surface area contributed by atoms with Gasteiger partial charge in [-0.1, -0.05) is 48.9 Å². The second-order valence-electron chi connectivity index (χ2n) is 6.28. The van der Waals surface area contributed by atoms with Crippen molar-refractivity contribution in [3.63, 3.8) is 0 Å². The molecule has 0 saturated carbocycles. The Bertz CT molecular complexity index is 1110. The van der Waals surface area contributed by atoms with Gasteiger partial charge in [-0.2, -0.15) is 0 Å². The third kappa shape index (κ3) is 4.27. The van der Waals surface area contributed by atoms with Gasteiger partial charge in [0.1, 0.15) is 10.0 Å². The van der Waals surface area contributed by atoms with Gasteiger partial charge in [-0.3, -0.25) is 4.79 Å². The maximum absolute atomic E-state index is 11.8. The third-order valence-corrected chi connectivity index (χ3v) is 6.24. The maximum Gasteiger partial charge on any atom is 0.248 e. The van der Waals surface area contributed by atoms with Crippen LogP contribution in [0.2, 0.25) is 0 Å². The molecule has 1 heterocycles. The van der Waals surface area contributed by atoms with Gasteiger partial charge in [0.2, 0.25) is 15.9 Å². The second kappa shape index (κ2) is 8.17. The van der Waals surface area contributed by atoms with Gasteiger partial charge in [0.15, 0.2) is 0 Å². The van der Waals surface area contributed by atoms with E-state index < -0.39 is 15.9 Å². The normalized spacial score (nSPS) is 11.5. The minimum atomic E-state index is -3.74. The lowest BCUT2D eigenvalue weighted by atomic mass is 9.96. The van der Waals surface area contributed by atoms with Crippen LogP contribution in [0.15, 0.2) is 47.4 Å². The van der Waals surface area contributed by atoms with Crippen LogP contribution in [0.5, 0.6) is 0 Å². The van der Waals surface area contributed by atoms with Gasteiger partial charge in [0.25, 0.3) is 0 Å². The summed E-state index contributed by atoms with van der Waals surface area (Å²) in [6, 6.07) is 11.6. The quantitative estimate of drug-likeness (QED) is 0.612. The smallest absolute Gasteiger partial charge is 0.248 e. The molecule has 0 atom stereocenters. The van der Waals surface area contributed by atoms with Gasteiger partial charge < -0.3 is 5.73 Å². The SMILES string of the molecule is CCCCc1c(C(N)=O)cccc1-c1nnc(-c2ccc(S(N)(=O)=O)cc2)s1. The van der Waals surface area contributed by atoms with Crippen LogP contribution in [0.25, 0.3) is 21.1 Å². The summed E-state index contributed by atoms with van der Waals surface area (Å²) in [5.74, 6) is -0.462. The second-order valence-corrected chi connectivity index (χ2v) is 8.82. The minimum absolute atomic E-state index is 0.0389. The number of unbranched alkanes of at least 4 members (excludes halogenated alkanes) is 1. The predicted molar refractivity (Wildman–Crippen MR) is 109 cm³/mol. The molecule has 1 aromatic heterocycles. The fourth-order valence-electron chi connectivity index (χ4n) is 2.88. The van der Waals surface area contributed by atoms with Crippen LogP contribution in [0.1, 0.15) is 35.7 Å². The molecule has 4 N–H and O–H groups in total. The summed E-state index contributed by atoms with van der Waals surface area (Å²) in [4.78, 5) is 11.9. The molecule has 146 valence electrons. The third-order valence-electron chi connectivity index (χ3n) is 4.31. The summed E-state index contributed by atoms with van der Waals surface area (Å²) in [6.07, 6.45) is 2.64. The van der Waals surface area contributed by atoms with E-state index >= 15 is 0 Å². The highest BCUT2D eigenvalue weighted by Crippen LogP contribution is 2.34. The topological polar surface area (TPSA) is 129 Å². The lowest BCUT2D eigenvalue weighted by Gasteiger charge is -2.10. The number of nitrogens with zero attached hydrogens (tertiary/aromatic N) is 2. The number of amides is 1. The lowest BCUT2D eigenvalue weighted by Crippen LogP contribution is -2.14. The molecule has 7 nitrogen and oxygen atoms in total. The lowest BCUT2D eigenvalue weighted by molar-refractivity contribution is 0.0999. The number of aromatic nitrogens is 2. The molecule has 3 aromatic rings. The van der Waals surface area contributed by atoms with Crippen molar-refractivity contribution in [1.82, 2.24) is 10.2 Å². The highest BCUT2D eigenvalue weighted by molar-refractivity contribution is 7.89. The molecular weight excluding hydrogens is 396 g/mol. The summed E-state index contributed by atoms with van der Waals surface area (Å²) in [5, 5.41) is 14.9. The van der Waals surface area contributed by atoms with Crippen LogP contribution in [0, 0.1) is 0 Å². The Morgan fingerprint density at radius 3 is 2.36 bits per heavy atom. The first kappa shape index (κ1) is 20.1. The Labute approximate surface area is 167 Å². The van der Waals surface area contributed by atoms with Crippen molar-refractivity contribution in [2.75, 3.05) is 0 Å². The zero-order valence-electron chi connectivity index (χ0n) is 15.3. The highest BCUT2D eigenvalue weighted by Gasteiger charge is 2.17. The molecule has 0 fully saturated rings. The van der Waals surface area contributed by atoms with E-state index in [0.29, 0.717) is 15.6 Å². The molecular formula is C19H20N4O3S2. The molecule has 0 aliphatic heterocycles. The van der Waals surface area contributed by atoms with Gasteiger partial charge >= 0.3 is 0 Å². The van der Waals surface area contributed by atoms with Crippen molar-refractivity contribution >= 4 is 27.3 Å². The molecule has 0 unspecified atom stereocenters. The van der Waals surface area contributed by atoms with E-state index in [9.17, 15) is 13.2 Å². The number of hydrogen-bond acceptors (Lipinski definition) is 6. The number of carbonyl (C=O) groups is 1. The molecule has 9 heteroatoms. The number of primary amides is 1. The highest BCUT2D eigenvalue weighted by atomic mass is 32.2. The average molecular weight is 417 g/mol. The molecule has 3 rings (SSSR count). The van der Waals surface area contributed by atoms with E-state index in [-0.39, 0.29) is 4.90 Å². The number of rotatable bonds is 7. The van der Waals surface area contributed by atoms with Crippen molar-refractivity contribution in [2.45, 2.75) is 31.1 Å². The van der Waals surface area contributed by atoms with E-state index in [4.69, 9.17) is 10.9 Å². The minimum Gasteiger partial charge on any atom is -0.366 e. The number of hydrogen-bond donors (Lipinski definition) is 2. The monoisotopic (exact) mass is 416 g/mol. The summed E-state index contributed by atoms with van der Waals surface area (Å²) >= 11 is 1.37. The van der Waals surface area contributed by atoms with Crippen LogP contribution < -0.4 is 10.9 Å². The first-order chi connectivity index (χ1) is 13.3. The standard InChI is InChI=1S/C19H20N4O3S2/c1-2-3-5-14-15(17(20)24)6-4-7-16(14)19-23-22-18(27-19)12-8-10-13(11-9-12)28(21,25)26/h4,6-11H,2-3,5H2,1H3,(H2,20,24)(H2,21,25,26). The van der Waals surface area contributed by atoms with Crippen molar-refractivity contribution in [2.24, 2.45) is 10.9 Å². The number of primary sulfonamides is 1.